The van der Waals surface area contributed by atoms with Gasteiger partial charge in [-0.3, -0.25) is 10.1 Å². The first-order valence-corrected chi connectivity index (χ1v) is 6.24. The topological polar surface area (TPSA) is 55.2 Å². The Labute approximate surface area is 105 Å². The fourth-order valence-electron chi connectivity index (χ4n) is 2.22. The largest absolute Gasteiger partial charge is 0.310 e. The molecular weight excluding hydrogens is 235 g/mol. The normalized spacial score (nSPS) is 17.2. The molecule has 0 bridgehead atoms. The molecule has 1 fully saturated rings. The van der Waals surface area contributed by atoms with Crippen LogP contribution in [0, 0.1) is 21.8 Å². The minimum Gasteiger partial charge on any atom is -0.310 e. The van der Waals surface area contributed by atoms with Crippen molar-refractivity contribution >= 4 is 5.69 Å². The van der Waals surface area contributed by atoms with E-state index in [1.54, 1.807) is 6.07 Å². The van der Waals surface area contributed by atoms with Crippen LogP contribution in [0.25, 0.3) is 0 Å². The Morgan fingerprint density at radius 2 is 2.28 bits per heavy atom. The Morgan fingerprint density at radius 1 is 1.56 bits per heavy atom. The number of hydrogen-bond acceptors (Lipinski definition) is 3. The summed E-state index contributed by atoms with van der Waals surface area (Å²) in [4.78, 5) is 9.93. The Hall–Kier alpha value is -1.49. The Morgan fingerprint density at radius 3 is 2.83 bits per heavy atom. The molecule has 2 rings (SSSR count). The molecular formula is C13H17FN2O2. The Bertz CT molecular complexity index is 447. The highest BCUT2D eigenvalue weighted by Gasteiger charge is 2.24. The van der Waals surface area contributed by atoms with E-state index in [1.807, 2.05) is 0 Å². The van der Waals surface area contributed by atoms with Crippen LogP contribution in [0.3, 0.4) is 0 Å². The van der Waals surface area contributed by atoms with Gasteiger partial charge in [-0.25, -0.2) is 0 Å². The third-order valence-electron chi connectivity index (χ3n) is 3.73. The molecule has 1 atom stereocenters. The number of benzene rings is 1. The maximum atomic E-state index is 13.8. The van der Waals surface area contributed by atoms with Gasteiger partial charge in [0.25, 0.3) is 0 Å². The molecule has 0 heterocycles. The van der Waals surface area contributed by atoms with Crippen molar-refractivity contribution in [3.05, 3.63) is 39.7 Å². The zero-order valence-corrected chi connectivity index (χ0v) is 10.4. The monoisotopic (exact) mass is 252 g/mol. The van der Waals surface area contributed by atoms with Crippen LogP contribution in [0.15, 0.2) is 18.2 Å². The van der Waals surface area contributed by atoms with Crippen LogP contribution in [-0.4, -0.2) is 11.0 Å². The van der Waals surface area contributed by atoms with E-state index in [-0.39, 0.29) is 0 Å². The zero-order chi connectivity index (χ0) is 13.1. The van der Waals surface area contributed by atoms with E-state index >= 15 is 0 Å². The van der Waals surface area contributed by atoms with Crippen molar-refractivity contribution < 1.29 is 9.31 Å². The minimum absolute atomic E-state index is 0.331. The molecule has 1 saturated carbocycles. The van der Waals surface area contributed by atoms with Crippen LogP contribution in [0.4, 0.5) is 10.1 Å². The van der Waals surface area contributed by atoms with Gasteiger partial charge in [-0.15, -0.1) is 0 Å². The second-order valence-electron chi connectivity index (χ2n) is 4.87. The SMILES string of the molecule is CC(NCc1cccc([N+](=O)[O-])c1F)C1CCC1. The van der Waals surface area contributed by atoms with E-state index in [4.69, 9.17) is 0 Å². The highest BCUT2D eigenvalue weighted by atomic mass is 19.1. The lowest BCUT2D eigenvalue weighted by atomic mass is 9.80. The van der Waals surface area contributed by atoms with Crippen LogP contribution >= 0.6 is 0 Å². The van der Waals surface area contributed by atoms with Crippen LogP contribution < -0.4 is 5.32 Å². The molecule has 18 heavy (non-hydrogen) atoms. The molecule has 0 spiro atoms. The lowest BCUT2D eigenvalue weighted by Gasteiger charge is -2.32. The molecule has 1 aromatic rings. The minimum atomic E-state index is -0.726. The van der Waals surface area contributed by atoms with Crippen molar-refractivity contribution in [2.24, 2.45) is 5.92 Å². The highest BCUT2D eigenvalue weighted by Crippen LogP contribution is 2.29. The van der Waals surface area contributed by atoms with Gasteiger partial charge in [-0.05, 0) is 25.7 Å². The van der Waals surface area contributed by atoms with Gasteiger partial charge >= 0.3 is 5.69 Å². The molecule has 1 aliphatic rings. The number of nitrogens with zero attached hydrogens (tertiary/aromatic N) is 1. The quantitative estimate of drug-likeness (QED) is 0.647. The molecule has 1 N–H and O–H groups in total. The summed E-state index contributed by atoms with van der Waals surface area (Å²) in [6, 6.07) is 4.63. The van der Waals surface area contributed by atoms with E-state index in [0.29, 0.717) is 24.1 Å². The standard InChI is InChI=1S/C13H17FN2O2/c1-9(10-4-2-5-10)15-8-11-6-3-7-12(13(11)14)16(17)18/h3,6-7,9-10,15H,2,4-5,8H2,1H3. The molecule has 0 saturated heterocycles. The van der Waals surface area contributed by atoms with Gasteiger partial charge in [0, 0.05) is 24.2 Å². The van der Waals surface area contributed by atoms with Crippen LogP contribution in [0.2, 0.25) is 0 Å². The second-order valence-corrected chi connectivity index (χ2v) is 4.87. The van der Waals surface area contributed by atoms with Crippen molar-refractivity contribution in [3.8, 4) is 0 Å². The van der Waals surface area contributed by atoms with E-state index < -0.39 is 16.4 Å². The predicted octanol–water partition coefficient (Wildman–Crippen LogP) is 3.01. The molecule has 0 amide bonds. The lowest BCUT2D eigenvalue weighted by molar-refractivity contribution is -0.387. The Kier molecular flexibility index (Phi) is 3.91. The van der Waals surface area contributed by atoms with Gasteiger partial charge in [0.15, 0.2) is 0 Å². The van der Waals surface area contributed by atoms with E-state index in [2.05, 4.69) is 12.2 Å². The van der Waals surface area contributed by atoms with E-state index in [0.717, 1.165) is 0 Å². The summed E-state index contributed by atoms with van der Waals surface area (Å²) >= 11 is 0. The summed E-state index contributed by atoms with van der Waals surface area (Å²) in [6.45, 7) is 2.42. The number of nitrogens with one attached hydrogen (secondary N) is 1. The summed E-state index contributed by atoms with van der Waals surface area (Å²) in [5, 5.41) is 13.9. The summed E-state index contributed by atoms with van der Waals surface area (Å²) in [7, 11) is 0. The summed E-state index contributed by atoms with van der Waals surface area (Å²) in [5.74, 6) is -0.0671. The third kappa shape index (κ3) is 2.67. The van der Waals surface area contributed by atoms with Crippen molar-refractivity contribution in [1.29, 1.82) is 0 Å². The fraction of sp³-hybridized carbons (Fsp3) is 0.538. The predicted molar refractivity (Wildman–Crippen MR) is 66.7 cm³/mol. The van der Waals surface area contributed by atoms with Gasteiger partial charge in [0.05, 0.1) is 4.92 Å². The molecule has 0 radical (unpaired) electrons. The van der Waals surface area contributed by atoms with Crippen molar-refractivity contribution in [1.82, 2.24) is 5.32 Å². The Balaban J connectivity index is 2.00. The molecule has 4 nitrogen and oxygen atoms in total. The summed E-state index contributed by atoms with van der Waals surface area (Å²) in [6.07, 6.45) is 3.69. The molecule has 1 unspecified atom stereocenters. The maximum absolute atomic E-state index is 13.8. The smallest absolute Gasteiger partial charge is 0.305 e. The average Bonchev–Trinajstić information content (AvgIpc) is 2.25. The molecule has 0 aromatic heterocycles. The third-order valence-corrected chi connectivity index (χ3v) is 3.73. The average molecular weight is 252 g/mol. The lowest BCUT2D eigenvalue weighted by Crippen LogP contribution is -2.36. The van der Waals surface area contributed by atoms with E-state index in [1.165, 1.54) is 31.4 Å². The van der Waals surface area contributed by atoms with Gasteiger partial charge in [0.1, 0.15) is 0 Å². The first-order valence-electron chi connectivity index (χ1n) is 6.24. The van der Waals surface area contributed by atoms with Gasteiger partial charge < -0.3 is 5.32 Å². The van der Waals surface area contributed by atoms with Gasteiger partial charge in [-0.1, -0.05) is 18.6 Å². The first-order chi connectivity index (χ1) is 8.59. The van der Waals surface area contributed by atoms with Gasteiger partial charge in [-0.2, -0.15) is 4.39 Å². The summed E-state index contributed by atoms with van der Waals surface area (Å²) in [5.41, 5.74) is -0.0963. The van der Waals surface area contributed by atoms with Crippen LogP contribution in [0.1, 0.15) is 31.7 Å². The molecule has 98 valence electrons. The van der Waals surface area contributed by atoms with Crippen LogP contribution in [0.5, 0.6) is 0 Å². The number of nitro groups is 1. The van der Waals surface area contributed by atoms with Crippen molar-refractivity contribution in [3.63, 3.8) is 0 Å². The molecule has 1 aromatic carbocycles. The summed E-state index contributed by atoms with van der Waals surface area (Å²) < 4.78 is 13.8. The highest BCUT2D eigenvalue weighted by molar-refractivity contribution is 5.36. The number of nitro benzene ring substituents is 1. The fourth-order valence-corrected chi connectivity index (χ4v) is 2.22. The van der Waals surface area contributed by atoms with Crippen LogP contribution in [-0.2, 0) is 6.54 Å². The number of rotatable bonds is 5. The zero-order valence-electron chi connectivity index (χ0n) is 10.4. The first kappa shape index (κ1) is 13.0. The molecule has 0 aliphatic heterocycles. The maximum Gasteiger partial charge on any atom is 0.305 e. The second kappa shape index (κ2) is 5.44. The molecule has 5 heteroatoms. The van der Waals surface area contributed by atoms with Crippen molar-refractivity contribution in [2.45, 2.75) is 38.8 Å². The molecule has 1 aliphatic carbocycles. The van der Waals surface area contributed by atoms with Crippen molar-refractivity contribution in [2.75, 3.05) is 0 Å². The number of halogens is 1. The number of hydrogen-bond donors (Lipinski definition) is 1. The van der Waals surface area contributed by atoms with Gasteiger partial charge in [0.2, 0.25) is 5.82 Å². The van der Waals surface area contributed by atoms with E-state index in [9.17, 15) is 14.5 Å².